The molecule has 17 heavy (non-hydrogen) atoms. The van der Waals surface area contributed by atoms with Crippen LogP contribution in [0.25, 0.3) is 0 Å². The molecule has 0 aliphatic heterocycles. The molecule has 3 N–H and O–H groups in total. The first-order valence-electron chi connectivity index (χ1n) is 5.54. The predicted molar refractivity (Wildman–Crippen MR) is 71.1 cm³/mol. The number of rotatable bonds is 4. The zero-order valence-corrected chi connectivity index (χ0v) is 11.1. The van der Waals surface area contributed by atoms with E-state index in [1.54, 1.807) is 30.1 Å². The van der Waals surface area contributed by atoms with E-state index in [2.05, 4.69) is 5.43 Å². The summed E-state index contributed by atoms with van der Waals surface area (Å²) in [4.78, 5) is 13.9. The Bertz CT molecular complexity index is 409. The molecule has 0 saturated heterocycles. The lowest BCUT2D eigenvalue weighted by Gasteiger charge is -2.24. The van der Waals surface area contributed by atoms with Crippen LogP contribution in [0.1, 0.15) is 30.6 Å². The summed E-state index contributed by atoms with van der Waals surface area (Å²) >= 11 is 5.90. The maximum absolute atomic E-state index is 12.2. The fourth-order valence-corrected chi connectivity index (χ4v) is 1.66. The summed E-state index contributed by atoms with van der Waals surface area (Å²) in [6.07, 6.45) is 0.897. The summed E-state index contributed by atoms with van der Waals surface area (Å²) in [6, 6.07) is 5.18. The van der Waals surface area contributed by atoms with Crippen molar-refractivity contribution in [3.8, 4) is 0 Å². The summed E-state index contributed by atoms with van der Waals surface area (Å²) in [5.74, 6) is 5.30. The number of amides is 1. The fourth-order valence-electron chi connectivity index (χ4n) is 1.48. The Morgan fingerprint density at radius 2 is 2.24 bits per heavy atom. The van der Waals surface area contributed by atoms with Crippen molar-refractivity contribution in [1.29, 1.82) is 0 Å². The van der Waals surface area contributed by atoms with Gasteiger partial charge in [0.1, 0.15) is 0 Å². The normalized spacial score (nSPS) is 12.1. The first-order valence-corrected chi connectivity index (χ1v) is 5.92. The Balaban J connectivity index is 3.06. The molecule has 1 aromatic rings. The number of hydrazine groups is 1. The Morgan fingerprint density at radius 1 is 1.59 bits per heavy atom. The summed E-state index contributed by atoms with van der Waals surface area (Å²) in [6.45, 7) is 4.03. The van der Waals surface area contributed by atoms with E-state index in [0.717, 1.165) is 6.42 Å². The third-order valence-electron chi connectivity index (χ3n) is 2.94. The van der Waals surface area contributed by atoms with Gasteiger partial charge in [0, 0.05) is 18.1 Å². The van der Waals surface area contributed by atoms with Crippen molar-refractivity contribution >= 4 is 23.2 Å². The number of benzene rings is 1. The van der Waals surface area contributed by atoms with Crippen molar-refractivity contribution in [2.75, 3.05) is 12.5 Å². The molecule has 0 heterocycles. The van der Waals surface area contributed by atoms with E-state index < -0.39 is 0 Å². The second-order valence-corrected chi connectivity index (χ2v) is 4.44. The molecule has 5 heteroatoms. The molecule has 1 amide bonds. The molecule has 0 saturated carbocycles. The SMILES string of the molecule is CCC(C)N(C)C(=O)c1cc(Cl)ccc1NN. The molecule has 1 atom stereocenters. The minimum atomic E-state index is -0.0881. The van der Waals surface area contributed by atoms with Crippen molar-refractivity contribution < 1.29 is 4.79 Å². The summed E-state index contributed by atoms with van der Waals surface area (Å²) in [7, 11) is 1.78. The number of carbonyl (C=O) groups excluding carboxylic acids is 1. The highest BCUT2D eigenvalue weighted by molar-refractivity contribution is 6.31. The molecule has 1 rings (SSSR count). The lowest BCUT2D eigenvalue weighted by atomic mass is 10.1. The van der Waals surface area contributed by atoms with Crippen LogP contribution in [0.15, 0.2) is 18.2 Å². The van der Waals surface area contributed by atoms with Crippen molar-refractivity contribution in [2.24, 2.45) is 5.84 Å². The van der Waals surface area contributed by atoms with Gasteiger partial charge in [0.2, 0.25) is 0 Å². The monoisotopic (exact) mass is 255 g/mol. The third-order valence-corrected chi connectivity index (χ3v) is 3.17. The largest absolute Gasteiger partial charge is 0.339 e. The Kier molecular flexibility index (Phi) is 4.78. The van der Waals surface area contributed by atoms with Gasteiger partial charge in [-0.2, -0.15) is 0 Å². The van der Waals surface area contributed by atoms with Crippen LogP contribution in [0.3, 0.4) is 0 Å². The van der Waals surface area contributed by atoms with E-state index in [0.29, 0.717) is 16.3 Å². The summed E-state index contributed by atoms with van der Waals surface area (Å²) in [5.41, 5.74) is 3.58. The topological polar surface area (TPSA) is 58.4 Å². The maximum Gasteiger partial charge on any atom is 0.256 e. The third kappa shape index (κ3) is 3.11. The van der Waals surface area contributed by atoms with Gasteiger partial charge in [-0.3, -0.25) is 10.6 Å². The van der Waals surface area contributed by atoms with Gasteiger partial charge in [0.15, 0.2) is 0 Å². The summed E-state index contributed by atoms with van der Waals surface area (Å²) < 4.78 is 0. The number of nitrogen functional groups attached to an aromatic ring is 1. The predicted octanol–water partition coefficient (Wildman–Crippen LogP) is 2.50. The van der Waals surface area contributed by atoms with Gasteiger partial charge < -0.3 is 10.3 Å². The van der Waals surface area contributed by atoms with E-state index in [9.17, 15) is 4.79 Å². The standard InChI is InChI=1S/C12H18ClN3O/c1-4-8(2)16(3)12(17)10-7-9(13)5-6-11(10)15-14/h5-8,15H,4,14H2,1-3H3. The molecule has 0 aromatic heterocycles. The van der Waals surface area contributed by atoms with E-state index in [4.69, 9.17) is 17.4 Å². The molecule has 0 radical (unpaired) electrons. The number of nitrogens with two attached hydrogens (primary N) is 1. The molecule has 0 fully saturated rings. The minimum Gasteiger partial charge on any atom is -0.339 e. The average molecular weight is 256 g/mol. The van der Waals surface area contributed by atoms with E-state index in [1.807, 2.05) is 13.8 Å². The number of carbonyl (C=O) groups is 1. The molecule has 0 aliphatic carbocycles. The minimum absolute atomic E-state index is 0.0881. The van der Waals surface area contributed by atoms with Gasteiger partial charge in [-0.15, -0.1) is 0 Å². The second-order valence-electron chi connectivity index (χ2n) is 4.01. The molecule has 1 aromatic carbocycles. The quantitative estimate of drug-likeness (QED) is 0.642. The van der Waals surface area contributed by atoms with Crippen LogP contribution < -0.4 is 11.3 Å². The van der Waals surface area contributed by atoms with Gasteiger partial charge in [-0.05, 0) is 31.5 Å². The van der Waals surface area contributed by atoms with Crippen molar-refractivity contribution in [3.63, 3.8) is 0 Å². The van der Waals surface area contributed by atoms with Crippen LogP contribution >= 0.6 is 11.6 Å². The highest BCUT2D eigenvalue weighted by atomic mass is 35.5. The van der Waals surface area contributed by atoms with E-state index >= 15 is 0 Å². The number of halogens is 1. The molecular weight excluding hydrogens is 238 g/mol. The first kappa shape index (κ1) is 13.8. The van der Waals surface area contributed by atoms with Gasteiger partial charge in [0.05, 0.1) is 11.3 Å². The van der Waals surface area contributed by atoms with Gasteiger partial charge in [-0.25, -0.2) is 0 Å². The fraction of sp³-hybridized carbons (Fsp3) is 0.417. The first-order chi connectivity index (χ1) is 8.01. The van der Waals surface area contributed by atoms with E-state index in [-0.39, 0.29) is 11.9 Å². The van der Waals surface area contributed by atoms with Crippen LogP contribution in [-0.2, 0) is 0 Å². The molecular formula is C12H18ClN3O. The number of hydrogen-bond donors (Lipinski definition) is 2. The number of hydrogen-bond acceptors (Lipinski definition) is 3. The molecule has 0 spiro atoms. The van der Waals surface area contributed by atoms with Crippen LogP contribution in [0.4, 0.5) is 5.69 Å². The average Bonchev–Trinajstić information content (AvgIpc) is 2.35. The molecule has 1 unspecified atom stereocenters. The number of anilines is 1. The van der Waals surface area contributed by atoms with Crippen molar-refractivity contribution in [1.82, 2.24) is 4.90 Å². The highest BCUT2D eigenvalue weighted by Gasteiger charge is 2.19. The maximum atomic E-state index is 12.2. The Morgan fingerprint density at radius 3 is 2.76 bits per heavy atom. The number of nitrogens with zero attached hydrogens (tertiary/aromatic N) is 1. The zero-order valence-electron chi connectivity index (χ0n) is 10.3. The lowest BCUT2D eigenvalue weighted by molar-refractivity contribution is 0.0741. The van der Waals surface area contributed by atoms with Crippen LogP contribution in [-0.4, -0.2) is 23.9 Å². The molecule has 0 bridgehead atoms. The van der Waals surface area contributed by atoms with Crippen LogP contribution in [0.5, 0.6) is 0 Å². The zero-order chi connectivity index (χ0) is 13.0. The van der Waals surface area contributed by atoms with E-state index in [1.165, 1.54) is 0 Å². The van der Waals surface area contributed by atoms with Crippen LogP contribution in [0.2, 0.25) is 5.02 Å². The van der Waals surface area contributed by atoms with Crippen molar-refractivity contribution in [3.05, 3.63) is 28.8 Å². The Labute approximate surface area is 107 Å². The molecule has 94 valence electrons. The second kappa shape index (κ2) is 5.89. The highest BCUT2D eigenvalue weighted by Crippen LogP contribution is 2.22. The number of nitrogens with one attached hydrogen (secondary N) is 1. The lowest BCUT2D eigenvalue weighted by Crippen LogP contribution is -2.35. The van der Waals surface area contributed by atoms with Crippen molar-refractivity contribution in [2.45, 2.75) is 26.3 Å². The van der Waals surface area contributed by atoms with Crippen LogP contribution in [0, 0.1) is 0 Å². The van der Waals surface area contributed by atoms with Gasteiger partial charge >= 0.3 is 0 Å². The summed E-state index contributed by atoms with van der Waals surface area (Å²) in [5, 5.41) is 0.518. The van der Waals surface area contributed by atoms with Gasteiger partial charge in [0.25, 0.3) is 5.91 Å². The molecule has 0 aliphatic rings. The van der Waals surface area contributed by atoms with Gasteiger partial charge in [-0.1, -0.05) is 18.5 Å². The molecule has 4 nitrogen and oxygen atoms in total. The smallest absolute Gasteiger partial charge is 0.256 e. The Hall–Kier alpha value is -1.26.